The minimum atomic E-state index is -4.09. The van der Waals surface area contributed by atoms with Gasteiger partial charge in [0.2, 0.25) is 5.91 Å². The van der Waals surface area contributed by atoms with E-state index < -0.39 is 15.9 Å². The molecule has 36 heavy (non-hydrogen) atoms. The van der Waals surface area contributed by atoms with Gasteiger partial charge in [-0.1, -0.05) is 20.8 Å². The maximum Gasteiger partial charge on any atom is 0.266 e. The third-order valence-electron chi connectivity index (χ3n) is 11.6. The van der Waals surface area contributed by atoms with Crippen molar-refractivity contribution in [3.63, 3.8) is 0 Å². The monoisotopic (exact) mass is 523 g/mol. The number of fused-ring (bicyclic) bond motifs is 5. The Hall–Kier alpha value is -0.950. The highest BCUT2D eigenvalue weighted by molar-refractivity contribution is 7.85. The van der Waals surface area contributed by atoms with Gasteiger partial charge >= 0.3 is 0 Å². The summed E-state index contributed by atoms with van der Waals surface area (Å²) in [5.74, 6) is 4.04. The summed E-state index contributed by atoms with van der Waals surface area (Å²) < 4.78 is 31.5. The molecule has 6 nitrogen and oxygen atoms in total. The van der Waals surface area contributed by atoms with Crippen LogP contribution >= 0.6 is 0 Å². The van der Waals surface area contributed by atoms with Gasteiger partial charge in [0.25, 0.3) is 10.1 Å². The van der Waals surface area contributed by atoms with Crippen molar-refractivity contribution >= 4 is 21.8 Å². The predicted octanol–water partition coefficient (Wildman–Crippen LogP) is 5.76. The minimum Gasteiger partial charge on any atom is -0.339 e. The zero-order chi connectivity index (χ0) is 26.5. The van der Waals surface area contributed by atoms with Gasteiger partial charge in [0.05, 0.1) is 5.75 Å². The SMILES string of the molecule is CC(CCC(=O)N(CCS(=O)(=O)O)C(C)C)C1CCC2C3CCC4CC(=O)CCC4(C)C3CCC12C. The number of carbonyl (C=O) groups is 2. The maximum atomic E-state index is 13.0. The Kier molecular flexibility index (Phi) is 8.04. The van der Waals surface area contributed by atoms with Crippen LogP contribution < -0.4 is 0 Å². The molecule has 8 unspecified atom stereocenters. The van der Waals surface area contributed by atoms with E-state index in [1.807, 2.05) is 13.8 Å². The highest BCUT2D eigenvalue weighted by atomic mass is 32.2. The van der Waals surface area contributed by atoms with Crippen LogP contribution in [0.1, 0.15) is 105 Å². The summed E-state index contributed by atoms with van der Waals surface area (Å²) in [5, 5.41) is 0. The average Bonchev–Trinajstić information content (AvgIpc) is 3.14. The highest BCUT2D eigenvalue weighted by Crippen LogP contribution is 2.68. The van der Waals surface area contributed by atoms with Gasteiger partial charge in [0.1, 0.15) is 5.78 Å². The van der Waals surface area contributed by atoms with Gasteiger partial charge in [-0.05, 0) is 112 Å². The quantitative estimate of drug-likeness (QED) is 0.409. The van der Waals surface area contributed by atoms with E-state index in [4.69, 9.17) is 4.55 Å². The number of hydrogen-bond acceptors (Lipinski definition) is 4. The number of carbonyl (C=O) groups excluding carboxylic acids is 2. The number of Topliss-reactive ketones (excluding diaryl/α,β-unsaturated/α-hetero) is 1. The normalized spacial score (nSPS) is 39.3. The smallest absolute Gasteiger partial charge is 0.266 e. The zero-order valence-corrected chi connectivity index (χ0v) is 24.0. The molecule has 1 N–H and O–H groups in total. The van der Waals surface area contributed by atoms with E-state index >= 15 is 0 Å². The number of rotatable bonds is 8. The molecular weight excluding hydrogens is 474 g/mol. The summed E-state index contributed by atoms with van der Waals surface area (Å²) in [5.41, 5.74) is 0.677. The summed E-state index contributed by atoms with van der Waals surface area (Å²) in [6.07, 6.45) is 11.6. The lowest BCUT2D eigenvalue weighted by atomic mass is 9.44. The van der Waals surface area contributed by atoms with Crippen molar-refractivity contribution in [3.05, 3.63) is 0 Å². The summed E-state index contributed by atoms with van der Waals surface area (Å²) in [4.78, 5) is 26.8. The molecule has 4 fully saturated rings. The highest BCUT2D eigenvalue weighted by Gasteiger charge is 2.60. The molecule has 0 aromatic carbocycles. The first-order valence-electron chi connectivity index (χ1n) is 14.5. The molecule has 206 valence electrons. The lowest BCUT2D eigenvalue weighted by molar-refractivity contribution is -0.140. The van der Waals surface area contributed by atoms with Crippen LogP contribution in [0.5, 0.6) is 0 Å². The van der Waals surface area contributed by atoms with Gasteiger partial charge in [0.15, 0.2) is 0 Å². The van der Waals surface area contributed by atoms with Crippen LogP contribution in [0.15, 0.2) is 0 Å². The van der Waals surface area contributed by atoms with Crippen LogP contribution in [0.4, 0.5) is 0 Å². The van der Waals surface area contributed by atoms with Gasteiger partial charge in [-0.3, -0.25) is 14.1 Å². The number of ketones is 1. The molecule has 7 heteroatoms. The van der Waals surface area contributed by atoms with Crippen LogP contribution in [0.2, 0.25) is 0 Å². The van der Waals surface area contributed by atoms with Crippen LogP contribution in [0, 0.1) is 46.3 Å². The summed E-state index contributed by atoms with van der Waals surface area (Å²) in [7, 11) is -4.09. The van der Waals surface area contributed by atoms with E-state index in [9.17, 15) is 18.0 Å². The van der Waals surface area contributed by atoms with Gasteiger partial charge in [-0.25, -0.2) is 0 Å². The fraction of sp³-hybridized carbons (Fsp3) is 0.931. The van der Waals surface area contributed by atoms with Crippen molar-refractivity contribution < 1.29 is 22.6 Å². The molecule has 0 aromatic rings. The molecule has 0 radical (unpaired) electrons. The van der Waals surface area contributed by atoms with Gasteiger partial charge in [0, 0.05) is 31.8 Å². The number of hydrogen-bond donors (Lipinski definition) is 1. The van der Waals surface area contributed by atoms with Gasteiger partial charge < -0.3 is 4.90 Å². The Morgan fingerprint density at radius 2 is 1.72 bits per heavy atom. The Morgan fingerprint density at radius 3 is 2.39 bits per heavy atom. The molecule has 0 spiro atoms. The number of nitrogens with zero attached hydrogens (tertiary/aromatic N) is 1. The van der Waals surface area contributed by atoms with Crippen LogP contribution in [0.3, 0.4) is 0 Å². The third-order valence-corrected chi connectivity index (χ3v) is 12.3. The number of amides is 1. The average molecular weight is 524 g/mol. The Balaban J connectivity index is 1.39. The van der Waals surface area contributed by atoms with E-state index in [-0.39, 0.29) is 18.5 Å². The fourth-order valence-electron chi connectivity index (χ4n) is 9.60. The molecule has 0 saturated heterocycles. The second-order valence-corrected chi connectivity index (χ2v) is 15.2. The van der Waals surface area contributed by atoms with Gasteiger partial charge in [-0.15, -0.1) is 0 Å². The van der Waals surface area contributed by atoms with E-state index in [1.165, 1.54) is 38.5 Å². The second-order valence-electron chi connectivity index (χ2n) is 13.6. The van der Waals surface area contributed by atoms with E-state index in [2.05, 4.69) is 20.8 Å². The van der Waals surface area contributed by atoms with Crippen molar-refractivity contribution in [2.75, 3.05) is 12.3 Å². The first-order chi connectivity index (χ1) is 16.8. The molecule has 0 bridgehead atoms. The third kappa shape index (κ3) is 5.30. The van der Waals surface area contributed by atoms with Gasteiger partial charge in [-0.2, -0.15) is 8.42 Å². The van der Waals surface area contributed by atoms with E-state index in [1.54, 1.807) is 4.90 Å². The summed E-state index contributed by atoms with van der Waals surface area (Å²) in [6, 6.07) is -0.0928. The van der Waals surface area contributed by atoms with Crippen LogP contribution in [0.25, 0.3) is 0 Å². The minimum absolute atomic E-state index is 0.0120. The molecule has 4 aliphatic carbocycles. The van der Waals surface area contributed by atoms with E-state index in [0.29, 0.717) is 40.8 Å². The Bertz CT molecular complexity index is 947. The standard InChI is InChI=1S/C29H49NO5S/c1-19(2)30(16-17-36(33,34)35)27(32)11-6-20(3)24-9-10-25-23-8-7-21-18-22(31)12-14-28(21,4)26(23)13-15-29(24,25)5/h19-21,23-26H,6-18H2,1-5H3,(H,33,34,35). The Labute approximate surface area is 219 Å². The lowest BCUT2D eigenvalue weighted by Crippen LogP contribution is -2.53. The zero-order valence-electron chi connectivity index (χ0n) is 23.2. The summed E-state index contributed by atoms with van der Waals surface area (Å²) in [6.45, 7) is 11.2. The maximum absolute atomic E-state index is 13.0. The molecule has 1 amide bonds. The first kappa shape index (κ1) is 28.1. The molecule has 4 rings (SSSR count). The molecular formula is C29H49NO5S. The molecule has 0 heterocycles. The fourth-order valence-corrected chi connectivity index (χ4v) is 10.0. The topological polar surface area (TPSA) is 91.8 Å². The van der Waals surface area contributed by atoms with Crippen molar-refractivity contribution in [2.24, 2.45) is 46.3 Å². The van der Waals surface area contributed by atoms with Crippen molar-refractivity contribution in [1.82, 2.24) is 4.90 Å². The molecule has 8 atom stereocenters. The second kappa shape index (κ2) is 10.3. The molecule has 4 aliphatic rings. The largest absolute Gasteiger partial charge is 0.339 e. The van der Waals surface area contributed by atoms with Crippen molar-refractivity contribution in [1.29, 1.82) is 0 Å². The molecule has 0 aliphatic heterocycles. The first-order valence-corrected chi connectivity index (χ1v) is 16.1. The van der Waals surface area contributed by atoms with E-state index in [0.717, 1.165) is 43.4 Å². The van der Waals surface area contributed by atoms with Crippen LogP contribution in [-0.4, -0.2) is 47.9 Å². The molecule has 0 aromatic heterocycles. The lowest BCUT2D eigenvalue weighted by Gasteiger charge is -2.60. The Morgan fingerprint density at radius 1 is 1.03 bits per heavy atom. The van der Waals surface area contributed by atoms with Crippen molar-refractivity contribution in [3.8, 4) is 0 Å². The predicted molar refractivity (Wildman–Crippen MR) is 142 cm³/mol. The molecule has 4 saturated carbocycles. The van der Waals surface area contributed by atoms with Crippen LogP contribution in [-0.2, 0) is 19.7 Å². The summed E-state index contributed by atoms with van der Waals surface area (Å²) >= 11 is 0. The van der Waals surface area contributed by atoms with Crippen molar-refractivity contribution in [2.45, 2.75) is 111 Å².